The molecule has 0 spiro atoms. The molecule has 1 nitrogen and oxygen atoms in total. The first-order valence-electron chi connectivity index (χ1n) is 3.64. The van der Waals surface area contributed by atoms with Crippen molar-refractivity contribution in [1.82, 2.24) is 0 Å². The predicted molar refractivity (Wildman–Crippen MR) is 50.1 cm³/mol. The Morgan fingerprint density at radius 3 is 2.36 bits per heavy atom. The third-order valence-electron chi connectivity index (χ3n) is 1.94. The quantitative estimate of drug-likeness (QED) is 0.569. The van der Waals surface area contributed by atoms with Gasteiger partial charge in [-0.3, -0.25) is 0 Å². The summed E-state index contributed by atoms with van der Waals surface area (Å²) in [5.41, 5.74) is 3.87. The molecule has 57 valence electrons. The highest BCUT2D eigenvalue weighted by Gasteiger charge is 2.00. The van der Waals surface area contributed by atoms with Gasteiger partial charge in [0, 0.05) is 5.69 Å². The van der Waals surface area contributed by atoms with E-state index in [0.29, 0.717) is 0 Å². The molecule has 0 unspecified atom stereocenters. The summed E-state index contributed by atoms with van der Waals surface area (Å²) in [6.07, 6.45) is 0. The highest BCUT2D eigenvalue weighted by Crippen LogP contribution is 2.19. The van der Waals surface area contributed by atoms with Crippen LogP contribution in [0.4, 0.5) is 5.69 Å². The molecule has 11 heavy (non-hydrogen) atoms. The van der Waals surface area contributed by atoms with Gasteiger partial charge in [0.25, 0.3) is 0 Å². The number of anilines is 1. The van der Waals surface area contributed by atoms with Crippen molar-refractivity contribution in [3.63, 3.8) is 0 Å². The minimum Gasteiger partial charge on any atom is -0.402 e. The highest BCUT2D eigenvalue weighted by molar-refractivity contribution is 6.17. The van der Waals surface area contributed by atoms with E-state index in [9.17, 15) is 0 Å². The van der Waals surface area contributed by atoms with Gasteiger partial charge in [0.2, 0.25) is 0 Å². The monoisotopic (exact) mass is 162 g/mol. The zero-order chi connectivity index (χ0) is 8.43. The maximum Gasteiger partial charge on any atom is 0.188 e. The van der Waals surface area contributed by atoms with Crippen LogP contribution in [0.5, 0.6) is 0 Å². The Morgan fingerprint density at radius 1 is 1.27 bits per heavy atom. The Hall–Kier alpha value is -0.763. The van der Waals surface area contributed by atoms with Crippen molar-refractivity contribution in [2.75, 3.05) is 11.6 Å². The normalized spacial score (nSPS) is 9.82. The molecule has 0 bridgehead atoms. The summed E-state index contributed by atoms with van der Waals surface area (Å²) in [7, 11) is 5.43. The third-order valence-corrected chi connectivity index (χ3v) is 2.18. The lowest BCUT2D eigenvalue weighted by molar-refractivity contribution is 1.25. The second-order valence-corrected chi connectivity index (χ2v) is 3.45. The largest absolute Gasteiger partial charge is 0.402 e. The SMILES string of the molecule is Cc1cccc(N(C)[Si])c1C. The van der Waals surface area contributed by atoms with Gasteiger partial charge in [0.05, 0.1) is 0 Å². The molecule has 3 radical (unpaired) electrons. The van der Waals surface area contributed by atoms with Gasteiger partial charge in [-0.15, -0.1) is 0 Å². The van der Waals surface area contributed by atoms with E-state index in [1.54, 1.807) is 0 Å². The maximum absolute atomic E-state index is 3.45. The van der Waals surface area contributed by atoms with E-state index in [1.165, 1.54) is 16.8 Å². The summed E-state index contributed by atoms with van der Waals surface area (Å²) in [5, 5.41) is 0. The lowest BCUT2D eigenvalue weighted by Crippen LogP contribution is -2.12. The molecule has 0 saturated heterocycles. The Morgan fingerprint density at radius 2 is 1.91 bits per heavy atom. The van der Waals surface area contributed by atoms with Gasteiger partial charge in [0.1, 0.15) is 0 Å². The zero-order valence-corrected chi connectivity index (χ0v) is 8.18. The van der Waals surface area contributed by atoms with Crippen LogP contribution in [-0.2, 0) is 0 Å². The first-order valence-corrected chi connectivity index (χ1v) is 4.09. The Kier molecular flexibility index (Phi) is 2.34. The maximum atomic E-state index is 3.45. The molecule has 0 N–H and O–H groups in total. The summed E-state index contributed by atoms with van der Waals surface area (Å²) >= 11 is 0. The number of benzene rings is 1. The van der Waals surface area contributed by atoms with Gasteiger partial charge < -0.3 is 4.57 Å². The molecule has 0 aromatic heterocycles. The molecule has 0 aliphatic carbocycles. The molecule has 0 amide bonds. The van der Waals surface area contributed by atoms with Gasteiger partial charge in [0.15, 0.2) is 10.4 Å². The predicted octanol–water partition coefficient (Wildman–Crippen LogP) is 1.82. The molecule has 0 fully saturated rings. The number of nitrogens with zero attached hydrogens (tertiary/aromatic N) is 1. The van der Waals surface area contributed by atoms with E-state index >= 15 is 0 Å². The van der Waals surface area contributed by atoms with Gasteiger partial charge in [-0.2, -0.15) is 0 Å². The Balaban J connectivity index is 3.17. The van der Waals surface area contributed by atoms with E-state index in [0.717, 1.165) is 0 Å². The van der Waals surface area contributed by atoms with Crippen LogP contribution in [-0.4, -0.2) is 17.5 Å². The standard InChI is InChI=1S/C9H12NSi/c1-7-5-4-6-9(8(7)2)10(3)11/h4-6H,1-3H3. The molecule has 0 saturated carbocycles. The van der Waals surface area contributed by atoms with Crippen LogP contribution >= 0.6 is 0 Å². The lowest BCUT2D eigenvalue weighted by Gasteiger charge is -2.16. The first-order chi connectivity index (χ1) is 5.13. The van der Waals surface area contributed by atoms with E-state index in [-0.39, 0.29) is 0 Å². The van der Waals surface area contributed by atoms with Crippen LogP contribution in [0.3, 0.4) is 0 Å². The molecule has 0 aliphatic rings. The molecular weight excluding hydrogens is 150 g/mol. The van der Waals surface area contributed by atoms with Crippen LogP contribution in [0, 0.1) is 13.8 Å². The van der Waals surface area contributed by atoms with Crippen molar-refractivity contribution >= 4 is 16.1 Å². The molecular formula is C9H12NSi. The lowest BCUT2D eigenvalue weighted by atomic mass is 10.1. The van der Waals surface area contributed by atoms with Crippen LogP contribution in [0.15, 0.2) is 18.2 Å². The van der Waals surface area contributed by atoms with Gasteiger partial charge in [-0.05, 0) is 38.1 Å². The molecule has 1 aromatic carbocycles. The summed E-state index contributed by atoms with van der Waals surface area (Å²) in [6, 6.07) is 6.28. The van der Waals surface area contributed by atoms with E-state index in [4.69, 9.17) is 0 Å². The van der Waals surface area contributed by atoms with Crippen molar-refractivity contribution in [1.29, 1.82) is 0 Å². The molecule has 0 aliphatic heterocycles. The summed E-state index contributed by atoms with van der Waals surface area (Å²) in [5.74, 6) is 0. The topological polar surface area (TPSA) is 3.24 Å². The van der Waals surface area contributed by atoms with Crippen molar-refractivity contribution in [2.45, 2.75) is 13.8 Å². The molecule has 0 atom stereocenters. The summed E-state index contributed by atoms with van der Waals surface area (Å²) in [4.78, 5) is 0. The molecule has 2 heteroatoms. The smallest absolute Gasteiger partial charge is 0.188 e. The van der Waals surface area contributed by atoms with Crippen LogP contribution in [0.1, 0.15) is 11.1 Å². The van der Waals surface area contributed by atoms with Crippen LogP contribution in [0.2, 0.25) is 0 Å². The summed E-state index contributed by atoms with van der Waals surface area (Å²) < 4.78 is 1.95. The fourth-order valence-electron chi connectivity index (χ4n) is 1.10. The molecule has 0 heterocycles. The Labute approximate surface area is 71.5 Å². The number of rotatable bonds is 1. The van der Waals surface area contributed by atoms with Gasteiger partial charge in [-0.25, -0.2) is 0 Å². The average Bonchev–Trinajstić information content (AvgIpc) is 1.94. The molecule has 1 aromatic rings. The van der Waals surface area contributed by atoms with Crippen molar-refractivity contribution in [3.8, 4) is 0 Å². The van der Waals surface area contributed by atoms with Crippen LogP contribution in [0.25, 0.3) is 0 Å². The fraction of sp³-hybridized carbons (Fsp3) is 0.333. The zero-order valence-electron chi connectivity index (χ0n) is 7.18. The second-order valence-electron chi connectivity index (χ2n) is 2.78. The second kappa shape index (κ2) is 3.09. The minimum absolute atomic E-state index is 1.22. The number of hydrogen-bond acceptors (Lipinski definition) is 1. The first kappa shape index (κ1) is 8.33. The van der Waals surface area contributed by atoms with E-state index < -0.39 is 0 Å². The van der Waals surface area contributed by atoms with Gasteiger partial charge in [-0.1, -0.05) is 12.1 Å². The average molecular weight is 162 g/mol. The molecule has 1 rings (SSSR count). The third kappa shape index (κ3) is 1.63. The fourth-order valence-corrected chi connectivity index (χ4v) is 1.34. The van der Waals surface area contributed by atoms with Crippen molar-refractivity contribution < 1.29 is 0 Å². The van der Waals surface area contributed by atoms with E-state index in [2.05, 4.69) is 42.5 Å². The van der Waals surface area contributed by atoms with Crippen molar-refractivity contribution in [3.05, 3.63) is 29.3 Å². The van der Waals surface area contributed by atoms with E-state index in [1.807, 2.05) is 11.6 Å². The number of hydrogen-bond donors (Lipinski definition) is 0. The summed E-state index contributed by atoms with van der Waals surface area (Å²) in [6.45, 7) is 4.25. The highest BCUT2D eigenvalue weighted by atomic mass is 28.2. The van der Waals surface area contributed by atoms with Crippen molar-refractivity contribution in [2.24, 2.45) is 0 Å². The number of aryl methyl sites for hydroxylation is 1. The van der Waals surface area contributed by atoms with Gasteiger partial charge >= 0.3 is 0 Å². The van der Waals surface area contributed by atoms with Crippen LogP contribution < -0.4 is 4.57 Å². The Bertz CT molecular complexity index is 256. The minimum atomic E-state index is 1.22.